The second kappa shape index (κ2) is 6.54. The highest BCUT2D eigenvalue weighted by molar-refractivity contribution is 7.09. The van der Waals surface area contributed by atoms with Crippen molar-refractivity contribution in [1.82, 2.24) is 5.32 Å². The van der Waals surface area contributed by atoms with Crippen LogP contribution in [0.5, 0.6) is 0 Å². The van der Waals surface area contributed by atoms with Gasteiger partial charge in [0.05, 0.1) is 5.41 Å². The molecule has 1 aromatic rings. The second-order valence-electron chi connectivity index (χ2n) is 4.90. The summed E-state index contributed by atoms with van der Waals surface area (Å²) in [4.78, 5) is 23.7. The van der Waals surface area contributed by atoms with E-state index >= 15 is 0 Å². The average molecular weight is 269 g/mol. The molecule has 0 unspecified atom stereocenters. The van der Waals surface area contributed by atoms with Crippen LogP contribution in [0.2, 0.25) is 0 Å². The van der Waals surface area contributed by atoms with Gasteiger partial charge in [-0.2, -0.15) is 0 Å². The van der Waals surface area contributed by atoms with Gasteiger partial charge in [-0.05, 0) is 38.1 Å². The molecule has 5 heteroatoms. The minimum atomic E-state index is -0.913. The number of hydrogen-bond donors (Lipinski definition) is 2. The van der Waals surface area contributed by atoms with Crippen LogP contribution in [0.25, 0.3) is 0 Å². The zero-order valence-electron chi connectivity index (χ0n) is 10.7. The topological polar surface area (TPSA) is 66.4 Å². The van der Waals surface area contributed by atoms with Crippen molar-refractivity contribution in [3.05, 3.63) is 22.4 Å². The quantitative estimate of drug-likeness (QED) is 0.798. The highest BCUT2D eigenvalue weighted by atomic mass is 32.1. The summed E-state index contributed by atoms with van der Waals surface area (Å²) in [5, 5.41) is 13.6. The smallest absolute Gasteiger partial charge is 0.310 e. The lowest BCUT2D eigenvalue weighted by Gasteiger charge is -2.19. The third-order valence-corrected chi connectivity index (χ3v) is 3.65. The standard InChI is InChI=1S/C13H19NO3S/c1-13(2,12(16)17)9-14-11(15)7-3-5-10-6-4-8-18-10/h4,6,8H,3,5,7,9H2,1-2H3,(H,14,15)(H,16,17). The van der Waals surface area contributed by atoms with Crippen LogP contribution in [0, 0.1) is 5.41 Å². The fraction of sp³-hybridized carbons (Fsp3) is 0.538. The number of amides is 1. The zero-order valence-corrected chi connectivity index (χ0v) is 11.5. The summed E-state index contributed by atoms with van der Waals surface area (Å²) in [6.07, 6.45) is 2.13. The van der Waals surface area contributed by atoms with Crippen molar-refractivity contribution in [2.24, 2.45) is 5.41 Å². The monoisotopic (exact) mass is 269 g/mol. The molecular weight excluding hydrogens is 250 g/mol. The largest absolute Gasteiger partial charge is 0.481 e. The molecule has 0 saturated heterocycles. The number of thiophene rings is 1. The summed E-state index contributed by atoms with van der Waals surface area (Å²) in [5.41, 5.74) is -0.913. The molecule has 0 bridgehead atoms. The van der Waals surface area contributed by atoms with Crippen molar-refractivity contribution in [2.45, 2.75) is 33.1 Å². The molecule has 0 atom stereocenters. The van der Waals surface area contributed by atoms with Crippen LogP contribution in [-0.4, -0.2) is 23.5 Å². The predicted octanol–water partition coefficient (Wildman–Crippen LogP) is 2.30. The molecule has 0 saturated carbocycles. The Hall–Kier alpha value is -1.36. The molecule has 2 N–H and O–H groups in total. The number of rotatable bonds is 7. The molecule has 0 aliphatic rings. The first-order chi connectivity index (χ1) is 8.42. The molecule has 4 nitrogen and oxygen atoms in total. The maximum absolute atomic E-state index is 11.5. The van der Waals surface area contributed by atoms with E-state index in [2.05, 4.69) is 11.4 Å². The van der Waals surface area contributed by atoms with Gasteiger partial charge in [0.1, 0.15) is 0 Å². The van der Waals surface area contributed by atoms with E-state index in [1.807, 2.05) is 11.4 Å². The minimum Gasteiger partial charge on any atom is -0.481 e. The van der Waals surface area contributed by atoms with Crippen LogP contribution in [0.3, 0.4) is 0 Å². The van der Waals surface area contributed by atoms with E-state index in [0.29, 0.717) is 6.42 Å². The summed E-state index contributed by atoms with van der Waals surface area (Å²) >= 11 is 1.69. The molecular formula is C13H19NO3S. The third-order valence-electron chi connectivity index (χ3n) is 2.71. The van der Waals surface area contributed by atoms with Crippen molar-refractivity contribution in [3.8, 4) is 0 Å². The minimum absolute atomic E-state index is 0.0825. The maximum atomic E-state index is 11.5. The SMILES string of the molecule is CC(C)(CNC(=O)CCCc1cccs1)C(=O)O. The van der Waals surface area contributed by atoms with Crippen LogP contribution < -0.4 is 5.32 Å². The lowest BCUT2D eigenvalue weighted by molar-refractivity contribution is -0.146. The second-order valence-corrected chi connectivity index (χ2v) is 5.93. The van der Waals surface area contributed by atoms with Gasteiger partial charge < -0.3 is 10.4 Å². The molecule has 1 rings (SSSR count). The Morgan fingerprint density at radius 2 is 2.17 bits per heavy atom. The first kappa shape index (κ1) is 14.7. The number of hydrogen-bond acceptors (Lipinski definition) is 3. The molecule has 18 heavy (non-hydrogen) atoms. The molecule has 0 aliphatic carbocycles. The summed E-state index contributed by atoms with van der Waals surface area (Å²) in [6, 6.07) is 4.05. The molecule has 0 aliphatic heterocycles. The molecule has 100 valence electrons. The van der Waals surface area contributed by atoms with Crippen LogP contribution in [0.4, 0.5) is 0 Å². The lowest BCUT2D eigenvalue weighted by atomic mass is 9.94. The van der Waals surface area contributed by atoms with E-state index in [0.717, 1.165) is 12.8 Å². The summed E-state index contributed by atoms with van der Waals surface area (Å²) in [5.74, 6) is -0.984. The predicted molar refractivity (Wildman–Crippen MR) is 71.7 cm³/mol. The van der Waals surface area contributed by atoms with E-state index in [1.54, 1.807) is 25.2 Å². The van der Waals surface area contributed by atoms with Gasteiger partial charge in [0.2, 0.25) is 5.91 Å². The van der Waals surface area contributed by atoms with Gasteiger partial charge in [-0.15, -0.1) is 11.3 Å². The van der Waals surface area contributed by atoms with Gasteiger partial charge in [-0.25, -0.2) is 0 Å². The molecule has 0 aromatic carbocycles. The normalized spacial score (nSPS) is 11.2. The Morgan fingerprint density at radius 3 is 2.72 bits per heavy atom. The van der Waals surface area contributed by atoms with E-state index in [1.165, 1.54) is 4.88 Å². The summed E-state index contributed by atoms with van der Waals surface area (Å²) in [6.45, 7) is 3.36. The van der Waals surface area contributed by atoms with E-state index < -0.39 is 11.4 Å². The Labute approximate surface area is 111 Å². The van der Waals surface area contributed by atoms with Crippen LogP contribution in [0.1, 0.15) is 31.6 Å². The number of carboxylic acid groups (broad SMARTS) is 1. The van der Waals surface area contributed by atoms with Gasteiger partial charge in [-0.3, -0.25) is 9.59 Å². The van der Waals surface area contributed by atoms with Crippen molar-refractivity contribution in [1.29, 1.82) is 0 Å². The average Bonchev–Trinajstić information content (AvgIpc) is 2.79. The van der Waals surface area contributed by atoms with Crippen LogP contribution >= 0.6 is 11.3 Å². The Balaban J connectivity index is 2.20. The molecule has 0 radical (unpaired) electrons. The number of aryl methyl sites for hydroxylation is 1. The highest BCUT2D eigenvalue weighted by Crippen LogP contribution is 2.14. The van der Waals surface area contributed by atoms with Crippen molar-refractivity contribution >= 4 is 23.2 Å². The molecule has 1 amide bonds. The van der Waals surface area contributed by atoms with Crippen molar-refractivity contribution in [2.75, 3.05) is 6.54 Å². The number of carbonyl (C=O) groups excluding carboxylic acids is 1. The van der Waals surface area contributed by atoms with Gasteiger partial charge in [-0.1, -0.05) is 6.07 Å². The molecule has 0 spiro atoms. The van der Waals surface area contributed by atoms with Crippen LogP contribution in [-0.2, 0) is 16.0 Å². The first-order valence-corrected chi connectivity index (χ1v) is 6.82. The Kier molecular flexibility index (Phi) is 5.34. The summed E-state index contributed by atoms with van der Waals surface area (Å²) in [7, 11) is 0. The van der Waals surface area contributed by atoms with Gasteiger partial charge in [0.25, 0.3) is 0 Å². The van der Waals surface area contributed by atoms with E-state index in [9.17, 15) is 9.59 Å². The van der Waals surface area contributed by atoms with Gasteiger partial charge in [0, 0.05) is 17.8 Å². The van der Waals surface area contributed by atoms with E-state index in [-0.39, 0.29) is 12.5 Å². The molecule has 1 heterocycles. The fourth-order valence-electron chi connectivity index (χ4n) is 1.36. The Bertz CT molecular complexity index is 398. The maximum Gasteiger partial charge on any atom is 0.310 e. The number of carbonyl (C=O) groups is 2. The number of carboxylic acids is 1. The van der Waals surface area contributed by atoms with Gasteiger partial charge >= 0.3 is 5.97 Å². The Morgan fingerprint density at radius 1 is 1.44 bits per heavy atom. The number of nitrogens with one attached hydrogen (secondary N) is 1. The van der Waals surface area contributed by atoms with Gasteiger partial charge in [0.15, 0.2) is 0 Å². The van der Waals surface area contributed by atoms with Crippen LogP contribution in [0.15, 0.2) is 17.5 Å². The fourth-order valence-corrected chi connectivity index (χ4v) is 2.11. The highest BCUT2D eigenvalue weighted by Gasteiger charge is 2.27. The lowest BCUT2D eigenvalue weighted by Crippen LogP contribution is -2.38. The molecule has 0 fully saturated rings. The van der Waals surface area contributed by atoms with Crippen molar-refractivity contribution in [3.63, 3.8) is 0 Å². The summed E-state index contributed by atoms with van der Waals surface area (Å²) < 4.78 is 0. The molecule has 1 aromatic heterocycles. The zero-order chi connectivity index (χ0) is 13.6. The number of aliphatic carboxylic acids is 1. The first-order valence-electron chi connectivity index (χ1n) is 5.94. The third kappa shape index (κ3) is 4.87. The van der Waals surface area contributed by atoms with Crippen molar-refractivity contribution < 1.29 is 14.7 Å². The van der Waals surface area contributed by atoms with E-state index in [4.69, 9.17) is 5.11 Å².